The zero-order chi connectivity index (χ0) is 13.8. The first kappa shape index (κ1) is 12.2. The summed E-state index contributed by atoms with van der Waals surface area (Å²) in [6, 6.07) is 13.1. The van der Waals surface area contributed by atoms with Gasteiger partial charge >= 0.3 is 5.97 Å². The van der Waals surface area contributed by atoms with Gasteiger partial charge in [-0.25, -0.2) is 4.79 Å². The first-order chi connectivity index (χ1) is 9.84. The highest BCUT2D eigenvalue weighted by Gasteiger charge is 2.25. The van der Waals surface area contributed by atoms with Crippen LogP contribution in [0.2, 0.25) is 0 Å². The van der Waals surface area contributed by atoms with Crippen LogP contribution in [0.15, 0.2) is 76.0 Å². The van der Waals surface area contributed by atoms with Crippen molar-refractivity contribution in [3.8, 4) is 0 Å². The smallest absolute Gasteiger partial charge is 0.368 e. The zero-order valence-corrected chi connectivity index (χ0v) is 10.5. The monoisotopic (exact) mass is 265 g/mol. The van der Waals surface area contributed by atoms with Crippen molar-refractivity contribution in [3.63, 3.8) is 0 Å². The number of carbonyl (C=O) groups is 1. The molecule has 4 heteroatoms. The Hall–Kier alpha value is -2.88. The summed E-state index contributed by atoms with van der Waals surface area (Å²) in [6.45, 7) is 0. The fourth-order valence-electron chi connectivity index (χ4n) is 1.86. The molecule has 0 fully saturated rings. The summed E-state index contributed by atoms with van der Waals surface area (Å²) in [4.78, 5) is 16.4. The van der Waals surface area contributed by atoms with Gasteiger partial charge in [-0.15, -0.1) is 0 Å². The van der Waals surface area contributed by atoms with E-state index in [1.54, 1.807) is 30.6 Å². The summed E-state index contributed by atoms with van der Waals surface area (Å²) < 4.78 is 5.17. The largest absolute Gasteiger partial charge is 0.465 e. The molecule has 98 valence electrons. The van der Waals surface area contributed by atoms with Crippen LogP contribution in [-0.4, -0.2) is 11.7 Å². The molecule has 0 saturated heterocycles. The number of furan rings is 1. The number of allylic oxidation sites excluding steroid dienone is 2. The van der Waals surface area contributed by atoms with Crippen molar-refractivity contribution in [3.05, 3.63) is 77.8 Å². The summed E-state index contributed by atoms with van der Waals surface area (Å²) in [5.41, 5.74) is 1.81. The van der Waals surface area contributed by atoms with E-state index in [-0.39, 0.29) is 0 Å². The molecule has 0 amide bonds. The van der Waals surface area contributed by atoms with Crippen LogP contribution in [0.3, 0.4) is 0 Å². The SMILES string of the molecule is O=C1ON=C(c2ccccc2)/C1=C/C=C/c1ccco1. The minimum absolute atomic E-state index is 0.430. The Balaban J connectivity index is 1.87. The fraction of sp³-hybridized carbons (Fsp3) is 0. The van der Waals surface area contributed by atoms with Crippen LogP contribution in [0.25, 0.3) is 6.08 Å². The first-order valence-electron chi connectivity index (χ1n) is 6.11. The molecule has 2 heterocycles. The van der Waals surface area contributed by atoms with E-state index in [0.29, 0.717) is 17.0 Å². The van der Waals surface area contributed by atoms with Gasteiger partial charge < -0.3 is 9.25 Å². The Bertz CT molecular complexity index is 695. The molecule has 1 aliphatic rings. The molecular formula is C16H11NO3. The molecule has 0 aliphatic carbocycles. The van der Waals surface area contributed by atoms with E-state index >= 15 is 0 Å². The molecular weight excluding hydrogens is 254 g/mol. The molecule has 20 heavy (non-hydrogen) atoms. The summed E-state index contributed by atoms with van der Waals surface area (Å²) in [7, 11) is 0. The van der Waals surface area contributed by atoms with Crippen LogP contribution in [0, 0.1) is 0 Å². The van der Waals surface area contributed by atoms with Gasteiger partial charge in [0.1, 0.15) is 11.5 Å². The Kier molecular flexibility index (Phi) is 3.29. The number of carbonyl (C=O) groups excluding carboxylic acids is 1. The van der Waals surface area contributed by atoms with E-state index in [1.807, 2.05) is 36.4 Å². The lowest BCUT2D eigenvalue weighted by atomic mass is 10.0. The molecule has 1 aromatic heterocycles. The Morgan fingerprint density at radius 3 is 2.65 bits per heavy atom. The third-order valence-corrected chi connectivity index (χ3v) is 2.81. The molecule has 0 radical (unpaired) electrons. The maximum atomic E-state index is 11.7. The van der Waals surface area contributed by atoms with Gasteiger partial charge in [0, 0.05) is 5.56 Å². The summed E-state index contributed by atoms with van der Waals surface area (Å²) in [5, 5.41) is 3.83. The van der Waals surface area contributed by atoms with E-state index in [4.69, 9.17) is 9.25 Å². The predicted molar refractivity (Wildman–Crippen MR) is 74.9 cm³/mol. The molecule has 0 N–H and O–H groups in total. The molecule has 0 unspecified atom stereocenters. The van der Waals surface area contributed by atoms with Gasteiger partial charge in [0.2, 0.25) is 0 Å². The predicted octanol–water partition coefficient (Wildman–Crippen LogP) is 3.18. The van der Waals surface area contributed by atoms with Crippen molar-refractivity contribution in [2.24, 2.45) is 5.16 Å². The highest BCUT2D eigenvalue weighted by Crippen LogP contribution is 2.18. The third-order valence-electron chi connectivity index (χ3n) is 2.81. The normalized spacial score (nSPS) is 16.7. The highest BCUT2D eigenvalue weighted by atomic mass is 16.7. The lowest BCUT2D eigenvalue weighted by Crippen LogP contribution is -2.06. The standard InChI is InChI=1S/C16H11NO3/c18-16-14(10-4-8-13-9-5-11-19-13)15(17-20-16)12-6-2-1-3-7-12/h1-11H/b8-4+,14-10-. The third kappa shape index (κ3) is 2.44. The Morgan fingerprint density at radius 2 is 1.90 bits per heavy atom. The first-order valence-corrected chi connectivity index (χ1v) is 6.11. The quantitative estimate of drug-likeness (QED) is 0.632. The zero-order valence-electron chi connectivity index (χ0n) is 10.5. The molecule has 2 aromatic rings. The van der Waals surface area contributed by atoms with Gasteiger partial charge in [0.05, 0.1) is 11.8 Å². The van der Waals surface area contributed by atoms with Crippen LogP contribution in [0.4, 0.5) is 0 Å². The summed E-state index contributed by atoms with van der Waals surface area (Å²) >= 11 is 0. The number of benzene rings is 1. The second-order valence-corrected chi connectivity index (χ2v) is 4.14. The Labute approximate surface area is 115 Å². The van der Waals surface area contributed by atoms with Crippen LogP contribution >= 0.6 is 0 Å². The van der Waals surface area contributed by atoms with Crippen molar-refractivity contribution < 1.29 is 14.0 Å². The van der Waals surface area contributed by atoms with E-state index in [2.05, 4.69) is 5.16 Å². The minimum atomic E-state index is -0.451. The van der Waals surface area contributed by atoms with Crippen LogP contribution in [-0.2, 0) is 9.63 Å². The number of hydrogen-bond acceptors (Lipinski definition) is 4. The number of nitrogens with zero attached hydrogens (tertiary/aromatic N) is 1. The second-order valence-electron chi connectivity index (χ2n) is 4.14. The van der Waals surface area contributed by atoms with Gasteiger partial charge in [0.25, 0.3) is 0 Å². The average molecular weight is 265 g/mol. The van der Waals surface area contributed by atoms with Gasteiger partial charge in [-0.05, 0) is 24.3 Å². The fourth-order valence-corrected chi connectivity index (χ4v) is 1.86. The maximum Gasteiger partial charge on any atom is 0.368 e. The van der Waals surface area contributed by atoms with E-state index in [9.17, 15) is 4.79 Å². The van der Waals surface area contributed by atoms with E-state index < -0.39 is 5.97 Å². The number of rotatable bonds is 3. The molecule has 0 atom stereocenters. The van der Waals surface area contributed by atoms with Crippen LogP contribution in [0.5, 0.6) is 0 Å². The number of oxime groups is 1. The van der Waals surface area contributed by atoms with Gasteiger partial charge in [-0.3, -0.25) is 0 Å². The van der Waals surface area contributed by atoms with Crippen LogP contribution < -0.4 is 0 Å². The van der Waals surface area contributed by atoms with Gasteiger partial charge in [-0.1, -0.05) is 41.6 Å². The summed E-state index contributed by atoms with van der Waals surface area (Å²) in [6.07, 6.45) is 6.76. The van der Waals surface area contributed by atoms with E-state index in [0.717, 1.165) is 5.56 Å². The van der Waals surface area contributed by atoms with E-state index in [1.165, 1.54) is 0 Å². The minimum Gasteiger partial charge on any atom is -0.465 e. The van der Waals surface area contributed by atoms with Crippen molar-refractivity contribution in [1.29, 1.82) is 0 Å². The van der Waals surface area contributed by atoms with Crippen LogP contribution in [0.1, 0.15) is 11.3 Å². The van der Waals surface area contributed by atoms with Crippen molar-refractivity contribution in [1.82, 2.24) is 0 Å². The summed E-state index contributed by atoms with van der Waals surface area (Å²) in [5.74, 6) is 0.263. The topological polar surface area (TPSA) is 51.8 Å². The van der Waals surface area contributed by atoms with Crippen molar-refractivity contribution in [2.75, 3.05) is 0 Å². The molecule has 0 bridgehead atoms. The molecule has 0 saturated carbocycles. The average Bonchev–Trinajstić information content (AvgIpc) is 3.11. The number of hydrogen-bond donors (Lipinski definition) is 0. The molecule has 0 spiro atoms. The highest BCUT2D eigenvalue weighted by molar-refractivity contribution is 6.28. The lowest BCUT2D eigenvalue weighted by Gasteiger charge is -1.97. The molecule has 3 rings (SSSR count). The Morgan fingerprint density at radius 1 is 1.05 bits per heavy atom. The maximum absolute atomic E-state index is 11.7. The lowest BCUT2D eigenvalue weighted by molar-refractivity contribution is -0.136. The second kappa shape index (κ2) is 5.40. The molecule has 4 nitrogen and oxygen atoms in total. The van der Waals surface area contributed by atoms with Gasteiger partial charge in [0.15, 0.2) is 0 Å². The van der Waals surface area contributed by atoms with Crippen molar-refractivity contribution >= 4 is 17.8 Å². The molecule has 1 aromatic carbocycles. The molecule has 1 aliphatic heterocycles. The van der Waals surface area contributed by atoms with Gasteiger partial charge in [-0.2, -0.15) is 0 Å². The van der Waals surface area contributed by atoms with Crippen molar-refractivity contribution in [2.45, 2.75) is 0 Å².